The van der Waals surface area contributed by atoms with Gasteiger partial charge in [-0.05, 0) is 26.3 Å². The number of thiophene rings is 1. The van der Waals surface area contributed by atoms with Gasteiger partial charge in [0.25, 0.3) is 0 Å². The quantitative estimate of drug-likeness (QED) is 0.664. The van der Waals surface area contributed by atoms with Crippen LogP contribution in [0, 0.1) is 6.92 Å². The minimum atomic E-state index is -0.403. The Morgan fingerprint density at radius 2 is 2.17 bits per heavy atom. The average molecular weight is 334 g/mol. The predicted octanol–water partition coefficient (Wildman–Crippen LogP) is 3.35. The van der Waals surface area contributed by atoms with E-state index in [4.69, 9.17) is 4.74 Å². The number of alkyl halides is 1. The summed E-state index contributed by atoms with van der Waals surface area (Å²) in [5.74, 6) is -0.551. The Morgan fingerprint density at radius 3 is 2.72 bits per heavy atom. The topological polar surface area (TPSA) is 55.4 Å². The molecule has 0 fully saturated rings. The molecule has 0 spiro atoms. The number of halogens is 1. The molecule has 0 bridgehead atoms. The van der Waals surface area contributed by atoms with E-state index in [9.17, 15) is 9.59 Å². The molecule has 1 unspecified atom stereocenters. The molecule has 0 aliphatic heterocycles. The van der Waals surface area contributed by atoms with Crippen molar-refractivity contribution in [1.82, 2.24) is 0 Å². The molecule has 1 N–H and O–H groups in total. The summed E-state index contributed by atoms with van der Waals surface area (Å²) < 4.78 is 4.96. The van der Waals surface area contributed by atoms with Gasteiger partial charge in [-0.15, -0.1) is 11.3 Å². The Kier molecular flexibility index (Phi) is 5.81. The molecule has 0 aromatic carbocycles. The van der Waals surface area contributed by atoms with E-state index in [1.807, 2.05) is 13.8 Å². The number of nitrogens with one attached hydrogen (secondary N) is 1. The SMILES string of the molecule is CCOC(=O)c1cc(C)sc1NC(=O)C(Br)CC. The Morgan fingerprint density at radius 1 is 1.50 bits per heavy atom. The molecular weight excluding hydrogens is 318 g/mol. The van der Waals surface area contributed by atoms with Crippen LogP contribution in [0.1, 0.15) is 35.5 Å². The largest absolute Gasteiger partial charge is 0.462 e. The second-order valence-corrected chi connectivity index (χ2v) is 6.05. The van der Waals surface area contributed by atoms with E-state index in [1.54, 1.807) is 13.0 Å². The highest BCUT2D eigenvalue weighted by molar-refractivity contribution is 9.10. The zero-order valence-electron chi connectivity index (χ0n) is 10.6. The number of hydrogen-bond acceptors (Lipinski definition) is 4. The molecular formula is C12H16BrNO3S. The van der Waals surface area contributed by atoms with Gasteiger partial charge in [-0.3, -0.25) is 4.79 Å². The molecule has 1 atom stereocenters. The molecule has 0 radical (unpaired) electrons. The standard InChI is InChI=1S/C12H16BrNO3S/c1-4-9(13)10(15)14-11-8(6-7(3)18-11)12(16)17-5-2/h6,9H,4-5H2,1-3H3,(H,14,15). The van der Waals surface area contributed by atoms with Crippen molar-refractivity contribution in [3.8, 4) is 0 Å². The van der Waals surface area contributed by atoms with E-state index in [1.165, 1.54) is 11.3 Å². The van der Waals surface area contributed by atoms with Gasteiger partial charge >= 0.3 is 5.97 Å². The van der Waals surface area contributed by atoms with Gasteiger partial charge in [0.15, 0.2) is 0 Å². The molecule has 0 saturated carbocycles. The fourth-order valence-electron chi connectivity index (χ4n) is 1.34. The number of amides is 1. The second kappa shape index (κ2) is 6.89. The molecule has 1 rings (SSSR count). The highest BCUT2D eigenvalue weighted by atomic mass is 79.9. The molecule has 1 aromatic heterocycles. The molecule has 1 heterocycles. The highest BCUT2D eigenvalue weighted by Crippen LogP contribution is 2.28. The fraction of sp³-hybridized carbons (Fsp3) is 0.500. The van der Waals surface area contributed by atoms with Crippen molar-refractivity contribution in [1.29, 1.82) is 0 Å². The first-order chi connectivity index (χ1) is 8.49. The van der Waals surface area contributed by atoms with E-state index in [2.05, 4.69) is 21.2 Å². The van der Waals surface area contributed by atoms with Crippen LogP contribution in [0.5, 0.6) is 0 Å². The maximum absolute atomic E-state index is 11.8. The maximum Gasteiger partial charge on any atom is 0.341 e. The number of carbonyl (C=O) groups excluding carboxylic acids is 2. The number of carbonyl (C=O) groups is 2. The molecule has 0 saturated heterocycles. The molecule has 1 aromatic rings. The van der Waals surface area contributed by atoms with Gasteiger partial charge in [0, 0.05) is 4.88 Å². The lowest BCUT2D eigenvalue weighted by atomic mass is 10.3. The minimum Gasteiger partial charge on any atom is -0.462 e. The number of rotatable bonds is 5. The van der Waals surface area contributed by atoms with Crippen molar-refractivity contribution < 1.29 is 14.3 Å². The first-order valence-corrected chi connectivity index (χ1v) is 7.45. The third-order valence-electron chi connectivity index (χ3n) is 2.23. The average Bonchev–Trinajstić information content (AvgIpc) is 2.69. The van der Waals surface area contributed by atoms with E-state index in [-0.39, 0.29) is 10.7 Å². The van der Waals surface area contributed by atoms with Crippen LogP contribution >= 0.6 is 27.3 Å². The fourth-order valence-corrected chi connectivity index (χ4v) is 2.36. The van der Waals surface area contributed by atoms with Crippen molar-refractivity contribution in [3.63, 3.8) is 0 Å². The van der Waals surface area contributed by atoms with Gasteiger partial charge in [0.2, 0.25) is 5.91 Å². The summed E-state index contributed by atoms with van der Waals surface area (Å²) in [6.45, 7) is 5.86. The number of esters is 1. The van der Waals surface area contributed by atoms with Crippen molar-refractivity contribution in [3.05, 3.63) is 16.5 Å². The molecule has 6 heteroatoms. The molecule has 4 nitrogen and oxygen atoms in total. The monoisotopic (exact) mass is 333 g/mol. The van der Waals surface area contributed by atoms with E-state index in [0.29, 0.717) is 23.6 Å². The van der Waals surface area contributed by atoms with Gasteiger partial charge in [-0.1, -0.05) is 22.9 Å². The first-order valence-electron chi connectivity index (χ1n) is 5.72. The summed E-state index contributed by atoms with van der Waals surface area (Å²) in [5, 5.41) is 3.30. The smallest absolute Gasteiger partial charge is 0.341 e. The lowest BCUT2D eigenvalue weighted by Crippen LogP contribution is -2.22. The number of ether oxygens (including phenoxy) is 1. The maximum atomic E-state index is 11.8. The summed E-state index contributed by atoms with van der Waals surface area (Å²) in [4.78, 5) is 24.2. The van der Waals surface area contributed by atoms with Gasteiger partial charge in [-0.2, -0.15) is 0 Å². The van der Waals surface area contributed by atoms with Gasteiger partial charge in [0.05, 0.1) is 17.0 Å². The van der Waals surface area contributed by atoms with E-state index >= 15 is 0 Å². The number of aryl methyl sites for hydroxylation is 1. The Hall–Kier alpha value is -0.880. The van der Waals surface area contributed by atoms with Gasteiger partial charge in [0.1, 0.15) is 5.00 Å². The second-order valence-electron chi connectivity index (χ2n) is 3.69. The van der Waals surface area contributed by atoms with Crippen LogP contribution in [-0.4, -0.2) is 23.3 Å². The first kappa shape index (κ1) is 15.2. The number of hydrogen-bond donors (Lipinski definition) is 1. The van der Waals surface area contributed by atoms with Crippen molar-refractivity contribution in [2.75, 3.05) is 11.9 Å². The molecule has 0 aliphatic rings. The summed E-state index contributed by atoms with van der Waals surface area (Å²) in [5.41, 5.74) is 0.420. The highest BCUT2D eigenvalue weighted by Gasteiger charge is 2.20. The van der Waals surface area contributed by atoms with Crippen LogP contribution in [0.3, 0.4) is 0 Å². The lowest BCUT2D eigenvalue weighted by Gasteiger charge is -2.08. The van der Waals surface area contributed by atoms with Crippen molar-refractivity contribution in [2.24, 2.45) is 0 Å². The van der Waals surface area contributed by atoms with E-state index in [0.717, 1.165) is 4.88 Å². The third-order valence-corrected chi connectivity index (χ3v) is 4.26. The molecule has 100 valence electrons. The molecule has 18 heavy (non-hydrogen) atoms. The van der Waals surface area contributed by atoms with Crippen LogP contribution in [-0.2, 0) is 9.53 Å². The van der Waals surface area contributed by atoms with Crippen molar-refractivity contribution >= 4 is 44.1 Å². The van der Waals surface area contributed by atoms with Crippen LogP contribution in [0.2, 0.25) is 0 Å². The lowest BCUT2D eigenvalue weighted by molar-refractivity contribution is -0.115. The third kappa shape index (κ3) is 3.81. The summed E-state index contributed by atoms with van der Waals surface area (Å²) >= 11 is 4.65. The molecule has 1 amide bonds. The molecule has 0 aliphatic carbocycles. The van der Waals surface area contributed by atoms with Crippen LogP contribution in [0.15, 0.2) is 6.07 Å². The van der Waals surface area contributed by atoms with Crippen molar-refractivity contribution in [2.45, 2.75) is 32.0 Å². The summed E-state index contributed by atoms with van der Waals surface area (Å²) in [6.07, 6.45) is 0.685. The normalized spacial score (nSPS) is 12.0. The predicted molar refractivity (Wildman–Crippen MR) is 76.6 cm³/mol. The Bertz CT molecular complexity index is 445. The summed E-state index contributed by atoms with van der Waals surface area (Å²) in [7, 11) is 0. The van der Waals surface area contributed by atoms with Crippen LogP contribution in [0.4, 0.5) is 5.00 Å². The van der Waals surface area contributed by atoms with Crippen LogP contribution < -0.4 is 5.32 Å². The van der Waals surface area contributed by atoms with E-state index < -0.39 is 5.97 Å². The Labute approximate surface area is 119 Å². The minimum absolute atomic E-state index is 0.148. The van der Waals surface area contributed by atoms with Gasteiger partial charge < -0.3 is 10.1 Å². The van der Waals surface area contributed by atoms with Crippen LogP contribution in [0.25, 0.3) is 0 Å². The van der Waals surface area contributed by atoms with Gasteiger partial charge in [-0.25, -0.2) is 4.79 Å². The zero-order chi connectivity index (χ0) is 13.7. The Balaban J connectivity index is 2.88. The summed E-state index contributed by atoms with van der Waals surface area (Å²) in [6, 6.07) is 1.73. The zero-order valence-corrected chi connectivity index (χ0v) is 13.0. The number of anilines is 1.